The summed E-state index contributed by atoms with van der Waals surface area (Å²) in [5, 5.41) is 2.43. The molecule has 0 spiro atoms. The molecule has 6 heteroatoms. The minimum Gasteiger partial charge on any atom is -0.461 e. The number of carbonyl (C=O) groups is 2. The van der Waals surface area contributed by atoms with E-state index in [4.69, 9.17) is 4.74 Å². The van der Waals surface area contributed by atoms with Gasteiger partial charge in [0, 0.05) is 17.8 Å². The van der Waals surface area contributed by atoms with Crippen molar-refractivity contribution in [2.45, 2.75) is 53.1 Å². The molecule has 0 saturated carbocycles. The molecule has 1 aromatic heterocycles. The number of aromatic nitrogens is 1. The summed E-state index contributed by atoms with van der Waals surface area (Å²) in [6.07, 6.45) is 1.36. The van der Waals surface area contributed by atoms with Crippen molar-refractivity contribution in [2.24, 2.45) is 0 Å². The van der Waals surface area contributed by atoms with Gasteiger partial charge < -0.3 is 9.64 Å². The lowest BCUT2D eigenvalue weighted by atomic mass is 10.2. The van der Waals surface area contributed by atoms with Gasteiger partial charge in [-0.05, 0) is 27.2 Å². The SMILES string of the molecule is CCCC(=O)N(Cc1nc(C(=O)OCC)cs1)C(C)C. The minimum atomic E-state index is -0.411. The summed E-state index contributed by atoms with van der Waals surface area (Å²) in [5.41, 5.74) is 0.318. The van der Waals surface area contributed by atoms with E-state index in [9.17, 15) is 9.59 Å². The zero-order valence-corrected chi connectivity index (χ0v) is 13.3. The molecule has 112 valence electrons. The van der Waals surface area contributed by atoms with Gasteiger partial charge in [-0.3, -0.25) is 4.79 Å². The van der Waals surface area contributed by atoms with E-state index in [0.717, 1.165) is 11.4 Å². The molecule has 1 heterocycles. The Bertz CT molecular complexity index is 457. The summed E-state index contributed by atoms with van der Waals surface area (Å²) in [7, 11) is 0. The van der Waals surface area contributed by atoms with E-state index >= 15 is 0 Å². The first kappa shape index (κ1) is 16.6. The fourth-order valence-electron chi connectivity index (χ4n) is 1.74. The highest BCUT2D eigenvalue weighted by Gasteiger charge is 2.19. The van der Waals surface area contributed by atoms with E-state index < -0.39 is 5.97 Å². The number of carbonyl (C=O) groups excluding carboxylic acids is 2. The van der Waals surface area contributed by atoms with Crippen LogP contribution in [0.15, 0.2) is 5.38 Å². The molecule has 0 radical (unpaired) electrons. The van der Waals surface area contributed by atoms with Crippen LogP contribution in [-0.4, -0.2) is 34.4 Å². The predicted octanol–water partition coefficient (Wildman–Crippen LogP) is 2.86. The van der Waals surface area contributed by atoms with Crippen LogP contribution in [0.5, 0.6) is 0 Å². The van der Waals surface area contributed by atoms with Gasteiger partial charge >= 0.3 is 5.97 Å². The van der Waals surface area contributed by atoms with Crippen molar-refractivity contribution < 1.29 is 14.3 Å². The van der Waals surface area contributed by atoms with E-state index in [-0.39, 0.29) is 11.9 Å². The third-order valence-corrected chi connectivity index (χ3v) is 3.58. The molecular weight excluding hydrogens is 276 g/mol. The Morgan fingerprint density at radius 1 is 1.40 bits per heavy atom. The average molecular weight is 298 g/mol. The normalized spacial score (nSPS) is 10.7. The molecule has 0 bridgehead atoms. The van der Waals surface area contributed by atoms with Crippen LogP contribution in [0.25, 0.3) is 0 Å². The first-order valence-electron chi connectivity index (χ1n) is 6.90. The summed E-state index contributed by atoms with van der Waals surface area (Å²) in [6, 6.07) is 0.115. The van der Waals surface area contributed by atoms with E-state index in [1.165, 1.54) is 11.3 Å². The molecule has 5 nitrogen and oxygen atoms in total. The topological polar surface area (TPSA) is 59.5 Å². The molecule has 0 unspecified atom stereocenters. The van der Waals surface area contributed by atoms with Crippen molar-refractivity contribution in [1.82, 2.24) is 9.88 Å². The van der Waals surface area contributed by atoms with Gasteiger partial charge in [0.05, 0.1) is 13.2 Å². The standard InChI is InChI=1S/C14H22N2O3S/c1-5-7-13(17)16(10(3)4)8-12-15-11(9-20-12)14(18)19-6-2/h9-10H,5-8H2,1-4H3. The Kier molecular flexibility index (Phi) is 6.64. The smallest absolute Gasteiger partial charge is 0.357 e. The predicted molar refractivity (Wildman–Crippen MR) is 78.7 cm³/mol. The zero-order valence-electron chi connectivity index (χ0n) is 12.5. The Morgan fingerprint density at radius 2 is 2.10 bits per heavy atom. The van der Waals surface area contributed by atoms with Crippen molar-refractivity contribution in [3.63, 3.8) is 0 Å². The van der Waals surface area contributed by atoms with Crippen LogP contribution in [0, 0.1) is 0 Å². The fourth-order valence-corrected chi connectivity index (χ4v) is 2.51. The fraction of sp³-hybridized carbons (Fsp3) is 0.643. The van der Waals surface area contributed by atoms with Crippen LogP contribution < -0.4 is 0 Å². The first-order valence-corrected chi connectivity index (χ1v) is 7.78. The minimum absolute atomic E-state index is 0.115. The molecule has 0 N–H and O–H groups in total. The number of amides is 1. The Hall–Kier alpha value is -1.43. The number of hydrogen-bond acceptors (Lipinski definition) is 5. The van der Waals surface area contributed by atoms with Gasteiger partial charge in [0.2, 0.25) is 5.91 Å². The number of nitrogens with zero attached hydrogens (tertiary/aromatic N) is 2. The number of hydrogen-bond donors (Lipinski definition) is 0. The third kappa shape index (κ3) is 4.59. The highest BCUT2D eigenvalue weighted by Crippen LogP contribution is 2.16. The third-order valence-electron chi connectivity index (χ3n) is 2.75. The lowest BCUT2D eigenvalue weighted by Gasteiger charge is -2.25. The molecule has 0 saturated heterocycles. The molecule has 0 aliphatic heterocycles. The lowest BCUT2D eigenvalue weighted by Crippen LogP contribution is -2.36. The number of thiazole rings is 1. The largest absolute Gasteiger partial charge is 0.461 e. The van der Waals surface area contributed by atoms with Crippen molar-refractivity contribution in [3.8, 4) is 0 Å². The van der Waals surface area contributed by atoms with Gasteiger partial charge in [0.15, 0.2) is 5.69 Å². The van der Waals surface area contributed by atoms with Gasteiger partial charge in [-0.2, -0.15) is 0 Å². The second-order valence-electron chi connectivity index (χ2n) is 4.71. The van der Waals surface area contributed by atoms with Gasteiger partial charge in [0.25, 0.3) is 0 Å². The highest BCUT2D eigenvalue weighted by atomic mass is 32.1. The summed E-state index contributed by atoms with van der Waals surface area (Å²) in [6.45, 7) is 8.48. The number of rotatable bonds is 7. The Morgan fingerprint density at radius 3 is 2.65 bits per heavy atom. The maximum absolute atomic E-state index is 12.0. The van der Waals surface area contributed by atoms with Crippen LogP contribution in [0.2, 0.25) is 0 Å². The maximum atomic E-state index is 12.0. The van der Waals surface area contributed by atoms with Crippen molar-refractivity contribution in [1.29, 1.82) is 0 Å². The van der Waals surface area contributed by atoms with Gasteiger partial charge in [-0.1, -0.05) is 6.92 Å². The van der Waals surface area contributed by atoms with E-state index in [0.29, 0.717) is 25.3 Å². The first-order chi connectivity index (χ1) is 9.49. The van der Waals surface area contributed by atoms with Gasteiger partial charge in [-0.25, -0.2) is 9.78 Å². The molecule has 20 heavy (non-hydrogen) atoms. The molecule has 0 fully saturated rings. The van der Waals surface area contributed by atoms with Crippen LogP contribution in [0.1, 0.15) is 56.0 Å². The molecule has 0 aliphatic rings. The molecule has 1 aromatic rings. The molecule has 1 rings (SSSR count). The second-order valence-corrected chi connectivity index (χ2v) is 5.65. The van der Waals surface area contributed by atoms with Crippen LogP contribution in [0.3, 0.4) is 0 Å². The quantitative estimate of drug-likeness (QED) is 0.726. The zero-order chi connectivity index (χ0) is 15.1. The highest BCUT2D eigenvalue weighted by molar-refractivity contribution is 7.09. The summed E-state index contributed by atoms with van der Waals surface area (Å²) < 4.78 is 4.90. The second kappa shape index (κ2) is 7.99. The summed E-state index contributed by atoms with van der Waals surface area (Å²) in [4.78, 5) is 29.6. The monoisotopic (exact) mass is 298 g/mol. The number of esters is 1. The molecule has 1 amide bonds. The van der Waals surface area contributed by atoms with E-state index in [1.807, 2.05) is 20.8 Å². The molecular formula is C14H22N2O3S. The number of ether oxygens (including phenoxy) is 1. The molecule has 0 atom stereocenters. The van der Waals surface area contributed by atoms with Crippen molar-refractivity contribution in [2.75, 3.05) is 6.61 Å². The van der Waals surface area contributed by atoms with Crippen molar-refractivity contribution >= 4 is 23.2 Å². The Labute approximate surface area is 124 Å². The van der Waals surface area contributed by atoms with Crippen molar-refractivity contribution in [3.05, 3.63) is 16.1 Å². The average Bonchev–Trinajstić information content (AvgIpc) is 2.84. The Balaban J connectivity index is 2.74. The molecule has 0 aliphatic carbocycles. The summed E-state index contributed by atoms with van der Waals surface area (Å²) >= 11 is 1.38. The lowest BCUT2D eigenvalue weighted by molar-refractivity contribution is -0.133. The van der Waals surface area contributed by atoms with Gasteiger partial charge in [0.1, 0.15) is 5.01 Å². The molecule has 0 aromatic carbocycles. The van der Waals surface area contributed by atoms with E-state index in [2.05, 4.69) is 4.98 Å². The van der Waals surface area contributed by atoms with Crippen LogP contribution in [0.4, 0.5) is 0 Å². The van der Waals surface area contributed by atoms with E-state index in [1.54, 1.807) is 17.2 Å². The summed E-state index contributed by atoms with van der Waals surface area (Å²) in [5.74, 6) is -0.290. The van der Waals surface area contributed by atoms with Crippen LogP contribution >= 0.6 is 11.3 Å². The maximum Gasteiger partial charge on any atom is 0.357 e. The van der Waals surface area contributed by atoms with Gasteiger partial charge in [-0.15, -0.1) is 11.3 Å². The van der Waals surface area contributed by atoms with Crippen LogP contribution in [-0.2, 0) is 16.1 Å².